The van der Waals surface area contributed by atoms with Crippen molar-refractivity contribution in [1.82, 2.24) is 0 Å². The fourth-order valence-electron chi connectivity index (χ4n) is 0. The first kappa shape index (κ1) is 8.82. The second-order valence-electron chi connectivity index (χ2n) is 0.283. The highest BCUT2D eigenvalue weighted by atomic mass is 32.1. The van der Waals surface area contributed by atoms with Crippen LogP contribution < -0.4 is 0 Å². The summed E-state index contributed by atoms with van der Waals surface area (Å²) in [6, 6.07) is 0. The summed E-state index contributed by atoms with van der Waals surface area (Å²) < 4.78 is 0. The molecule has 32 valence electrons. The lowest BCUT2D eigenvalue weighted by atomic mass is 11.5. The van der Waals surface area contributed by atoms with Gasteiger partial charge in [0.15, 0.2) is 0 Å². The van der Waals surface area contributed by atoms with Crippen LogP contribution in [-0.4, -0.2) is 16.4 Å². The van der Waals surface area contributed by atoms with Gasteiger partial charge < -0.3 is 10.2 Å². The Labute approximate surface area is 35.7 Å². The minimum Gasteiger partial charge on any atom is -0.450 e. The van der Waals surface area contributed by atoms with Gasteiger partial charge in [0.2, 0.25) is 0 Å². The van der Waals surface area contributed by atoms with Crippen LogP contribution in [0.4, 0.5) is 4.79 Å². The summed E-state index contributed by atoms with van der Waals surface area (Å²) >= 11 is 0. The van der Waals surface area contributed by atoms with Crippen molar-refractivity contribution in [2.24, 2.45) is 0 Å². The smallest absolute Gasteiger partial charge is 0.450 e. The predicted molar refractivity (Wildman–Crippen MR) is 21.0 cm³/mol. The molecule has 4 heteroatoms. The van der Waals surface area contributed by atoms with Crippen molar-refractivity contribution in [3.63, 3.8) is 0 Å². The van der Waals surface area contributed by atoms with Crippen molar-refractivity contribution >= 4 is 19.7 Å². The Morgan fingerprint density at radius 3 is 1.40 bits per heavy atom. The van der Waals surface area contributed by atoms with Gasteiger partial charge in [0.05, 0.1) is 0 Å². The number of hydrogen-bond acceptors (Lipinski definition) is 1. The molecule has 5 heavy (non-hydrogen) atoms. The third-order valence-electron chi connectivity index (χ3n) is 0. The molecule has 0 unspecified atom stereocenters. The quantitative estimate of drug-likeness (QED) is 0.457. The van der Waals surface area contributed by atoms with E-state index in [2.05, 4.69) is 0 Å². The van der Waals surface area contributed by atoms with Crippen molar-refractivity contribution in [3.05, 3.63) is 0 Å². The molecule has 0 rings (SSSR count). The van der Waals surface area contributed by atoms with E-state index in [4.69, 9.17) is 15.0 Å². The second-order valence-corrected chi connectivity index (χ2v) is 0.283. The third-order valence-corrected chi connectivity index (χ3v) is 0. The average molecular weight is 96.1 g/mol. The van der Waals surface area contributed by atoms with E-state index in [9.17, 15) is 0 Å². The number of carbonyl (C=O) groups is 1. The Kier molecular flexibility index (Phi) is 6.39. The number of rotatable bonds is 0. The molecule has 0 atom stereocenters. The summed E-state index contributed by atoms with van der Waals surface area (Å²) in [6.07, 6.45) is -1.83. The molecule has 0 saturated carbocycles. The van der Waals surface area contributed by atoms with Gasteiger partial charge in [0.1, 0.15) is 0 Å². The van der Waals surface area contributed by atoms with Crippen LogP contribution in [0.2, 0.25) is 0 Å². The molecule has 0 aliphatic heterocycles. The number of hydrogen-bond donors (Lipinski definition) is 2. The van der Waals surface area contributed by atoms with E-state index < -0.39 is 6.16 Å². The lowest BCUT2D eigenvalue weighted by Gasteiger charge is -1.60. The maximum Gasteiger partial charge on any atom is 0.503 e. The molecule has 0 fully saturated rings. The third kappa shape index (κ3) is 65.8. The Morgan fingerprint density at radius 2 is 1.40 bits per heavy atom. The van der Waals surface area contributed by atoms with Gasteiger partial charge in [-0.05, 0) is 0 Å². The van der Waals surface area contributed by atoms with Gasteiger partial charge in [-0.1, -0.05) is 0 Å². The molecule has 0 radical (unpaired) electrons. The molecule has 0 amide bonds. The fraction of sp³-hybridized carbons (Fsp3) is 0. The number of carboxylic acid groups (broad SMARTS) is 2. The highest BCUT2D eigenvalue weighted by Crippen LogP contribution is 1.42. The van der Waals surface area contributed by atoms with E-state index in [1.54, 1.807) is 0 Å². The van der Waals surface area contributed by atoms with E-state index in [-0.39, 0.29) is 13.5 Å². The summed E-state index contributed by atoms with van der Waals surface area (Å²) in [5.74, 6) is 0. The van der Waals surface area contributed by atoms with Crippen LogP contribution in [0.15, 0.2) is 0 Å². The van der Waals surface area contributed by atoms with Crippen LogP contribution in [0.1, 0.15) is 0 Å². The van der Waals surface area contributed by atoms with Crippen LogP contribution >= 0.6 is 13.5 Å². The van der Waals surface area contributed by atoms with Gasteiger partial charge >= 0.3 is 6.16 Å². The van der Waals surface area contributed by atoms with Gasteiger partial charge in [-0.15, -0.1) is 0 Å². The molecule has 0 spiro atoms. The van der Waals surface area contributed by atoms with Gasteiger partial charge in [-0.3, -0.25) is 0 Å². The van der Waals surface area contributed by atoms with Crippen molar-refractivity contribution in [2.45, 2.75) is 0 Å². The first-order chi connectivity index (χ1) is 1.73. The first-order valence-electron chi connectivity index (χ1n) is 0.651. The van der Waals surface area contributed by atoms with Crippen molar-refractivity contribution in [2.75, 3.05) is 0 Å². The lowest BCUT2D eigenvalue weighted by molar-refractivity contribution is 0.137. The van der Waals surface area contributed by atoms with Gasteiger partial charge in [-0.25, -0.2) is 4.79 Å². The topological polar surface area (TPSA) is 57.5 Å². The van der Waals surface area contributed by atoms with E-state index in [1.165, 1.54) is 0 Å². The SMILES string of the molecule is O=C(O)O.S. The summed E-state index contributed by atoms with van der Waals surface area (Å²) in [4.78, 5) is 8.56. The van der Waals surface area contributed by atoms with E-state index in [0.29, 0.717) is 0 Å². The van der Waals surface area contributed by atoms with Crippen LogP contribution in [-0.2, 0) is 0 Å². The Balaban J connectivity index is 0. The summed E-state index contributed by atoms with van der Waals surface area (Å²) in [6.45, 7) is 0. The predicted octanol–water partition coefficient (Wildman–Crippen LogP) is 0.335. The van der Waals surface area contributed by atoms with Crippen LogP contribution in [0.25, 0.3) is 0 Å². The van der Waals surface area contributed by atoms with Crippen LogP contribution in [0, 0.1) is 0 Å². The molecule has 3 nitrogen and oxygen atoms in total. The molecule has 0 saturated heterocycles. The Morgan fingerprint density at radius 1 is 1.40 bits per heavy atom. The molecule has 0 aliphatic rings. The maximum atomic E-state index is 8.56. The molecule has 0 aliphatic carbocycles. The summed E-state index contributed by atoms with van der Waals surface area (Å²) in [7, 11) is 0. The average Bonchev–Trinajstić information content (AvgIpc) is 0.811. The molecule has 0 aromatic rings. The highest BCUT2D eigenvalue weighted by Gasteiger charge is 1.70. The monoisotopic (exact) mass is 96.0 g/mol. The van der Waals surface area contributed by atoms with Crippen LogP contribution in [0.5, 0.6) is 0 Å². The van der Waals surface area contributed by atoms with Gasteiger partial charge in [0.25, 0.3) is 0 Å². The molecule has 0 aromatic carbocycles. The lowest BCUT2D eigenvalue weighted by Crippen LogP contribution is -1.81. The fourth-order valence-corrected chi connectivity index (χ4v) is 0. The van der Waals surface area contributed by atoms with Crippen molar-refractivity contribution < 1.29 is 15.0 Å². The molecule has 0 heterocycles. The highest BCUT2D eigenvalue weighted by molar-refractivity contribution is 7.59. The first-order valence-corrected chi connectivity index (χ1v) is 0.651. The van der Waals surface area contributed by atoms with Crippen molar-refractivity contribution in [3.8, 4) is 0 Å². The minimum absolute atomic E-state index is 0. The summed E-state index contributed by atoms with van der Waals surface area (Å²) in [5, 5.41) is 13.9. The zero-order valence-electron chi connectivity index (χ0n) is 2.30. The van der Waals surface area contributed by atoms with Crippen molar-refractivity contribution in [1.29, 1.82) is 0 Å². The normalized spacial score (nSPS) is 4.80. The molecule has 0 bridgehead atoms. The standard InChI is InChI=1S/CH2O3.H2S/c2-1(3)4;/h(H2,2,3,4);1H2. The summed E-state index contributed by atoms with van der Waals surface area (Å²) in [5.41, 5.74) is 0. The minimum atomic E-state index is -1.83. The van der Waals surface area contributed by atoms with Crippen LogP contribution in [0.3, 0.4) is 0 Å². The largest absolute Gasteiger partial charge is 0.503 e. The molecular formula is CH4O3S. The van der Waals surface area contributed by atoms with E-state index >= 15 is 0 Å². The Bertz CT molecular complexity index is 29.9. The zero-order valence-corrected chi connectivity index (χ0v) is 3.30. The maximum absolute atomic E-state index is 8.56. The van der Waals surface area contributed by atoms with E-state index in [1.807, 2.05) is 0 Å². The molecule has 0 aromatic heterocycles. The zero-order chi connectivity index (χ0) is 3.58. The Hall–Kier alpha value is -0.380. The molecular weight excluding hydrogens is 92.1 g/mol. The second kappa shape index (κ2) is 3.62. The van der Waals surface area contributed by atoms with Gasteiger partial charge in [-0.2, -0.15) is 13.5 Å². The molecule has 2 N–H and O–H groups in total. The van der Waals surface area contributed by atoms with E-state index in [0.717, 1.165) is 0 Å². The van der Waals surface area contributed by atoms with Gasteiger partial charge in [0, 0.05) is 0 Å².